The Morgan fingerprint density at radius 2 is 1.90 bits per heavy atom. The predicted octanol–water partition coefficient (Wildman–Crippen LogP) is 4.87. The third kappa shape index (κ3) is 2.54. The lowest BCUT2D eigenvalue weighted by atomic mass is 10.2. The number of aromatic nitrogens is 2. The minimum atomic E-state index is -0.129. The number of para-hydroxylation sites is 1. The van der Waals surface area contributed by atoms with Gasteiger partial charge in [-0.2, -0.15) is 5.10 Å². The largest absolute Gasteiger partial charge is 0.286 e. The van der Waals surface area contributed by atoms with E-state index in [2.05, 4.69) is 37.0 Å². The van der Waals surface area contributed by atoms with Crippen molar-refractivity contribution in [2.45, 2.75) is 6.92 Å². The zero-order valence-corrected chi connectivity index (χ0v) is 14.8. The van der Waals surface area contributed by atoms with E-state index in [4.69, 9.17) is 11.6 Å². The van der Waals surface area contributed by atoms with Crippen molar-refractivity contribution >= 4 is 54.4 Å². The van der Waals surface area contributed by atoms with Gasteiger partial charge in [0, 0.05) is 9.86 Å². The van der Waals surface area contributed by atoms with E-state index in [0.717, 1.165) is 15.6 Å². The Morgan fingerprint density at radius 3 is 2.62 bits per heavy atom. The number of aryl methyl sites for hydroxylation is 1. The fraction of sp³-hybridized carbons (Fsp3) is 0.0667. The first-order chi connectivity index (χ1) is 9.99. The van der Waals surface area contributed by atoms with Crippen LogP contribution in [0.25, 0.3) is 16.6 Å². The van der Waals surface area contributed by atoms with Crippen LogP contribution in [0.1, 0.15) is 5.69 Å². The number of benzene rings is 1. The van der Waals surface area contributed by atoms with Gasteiger partial charge in [0.1, 0.15) is 5.52 Å². The second-order valence-corrected chi connectivity index (χ2v) is 6.74. The van der Waals surface area contributed by atoms with Crippen LogP contribution in [0, 0.1) is 6.92 Å². The molecule has 106 valence electrons. The third-order valence-corrected chi connectivity index (χ3v) is 4.53. The maximum absolute atomic E-state index is 12.6. The molecule has 0 fully saturated rings. The smallest absolute Gasteiger partial charge is 0.219 e. The monoisotopic (exact) mass is 426 g/mol. The van der Waals surface area contributed by atoms with Crippen molar-refractivity contribution in [1.29, 1.82) is 0 Å². The van der Waals surface area contributed by atoms with Crippen molar-refractivity contribution < 1.29 is 0 Å². The molecule has 6 heteroatoms. The molecule has 21 heavy (non-hydrogen) atoms. The maximum Gasteiger partial charge on any atom is 0.219 e. The molecule has 0 aliphatic rings. The van der Waals surface area contributed by atoms with E-state index >= 15 is 0 Å². The van der Waals surface area contributed by atoms with Crippen LogP contribution in [-0.4, -0.2) is 9.78 Å². The summed E-state index contributed by atoms with van der Waals surface area (Å²) in [5.41, 5.74) is 1.82. The summed E-state index contributed by atoms with van der Waals surface area (Å²) in [6.45, 7) is 1.87. The summed E-state index contributed by atoms with van der Waals surface area (Å²) in [6, 6.07) is 10.9. The van der Waals surface area contributed by atoms with Crippen LogP contribution in [-0.2, 0) is 0 Å². The number of fused-ring (bicyclic) bond motifs is 1. The molecule has 0 amide bonds. The molecule has 0 aliphatic carbocycles. The molecule has 0 saturated heterocycles. The van der Waals surface area contributed by atoms with Gasteiger partial charge in [0.25, 0.3) is 0 Å². The van der Waals surface area contributed by atoms with Crippen LogP contribution < -0.4 is 5.43 Å². The molecular weight excluding hydrogens is 419 g/mol. The average Bonchev–Trinajstić information content (AvgIpc) is 2.69. The Hall–Kier alpha value is -1.17. The molecule has 0 aliphatic heterocycles. The third-order valence-electron chi connectivity index (χ3n) is 3.17. The molecule has 0 saturated carbocycles. The summed E-state index contributed by atoms with van der Waals surface area (Å²) in [4.78, 5) is 12.6. The zero-order valence-electron chi connectivity index (χ0n) is 10.9. The molecule has 3 rings (SSSR count). The molecule has 3 nitrogen and oxygen atoms in total. The summed E-state index contributed by atoms with van der Waals surface area (Å²) < 4.78 is 2.88. The summed E-state index contributed by atoms with van der Waals surface area (Å²) >= 11 is 13.0. The van der Waals surface area contributed by atoms with Crippen molar-refractivity contribution in [2.24, 2.45) is 0 Å². The standard InChI is InChI=1S/C15H9Br2ClN2O/c1-8-10-6-9(16)7-11(17)15(21)14(10)20(19-8)13-5-3-2-4-12(13)18/h2-7H,1H3. The molecular formula is C15H9Br2ClN2O. The number of hydrogen-bond acceptors (Lipinski definition) is 2. The van der Waals surface area contributed by atoms with Gasteiger partial charge in [-0.25, -0.2) is 4.68 Å². The lowest BCUT2D eigenvalue weighted by Gasteiger charge is -2.04. The number of halogens is 3. The van der Waals surface area contributed by atoms with E-state index in [1.54, 1.807) is 16.8 Å². The molecule has 0 atom stereocenters. The van der Waals surface area contributed by atoms with Crippen LogP contribution >= 0.6 is 43.5 Å². The van der Waals surface area contributed by atoms with Crippen molar-refractivity contribution in [3.63, 3.8) is 0 Å². The molecule has 0 radical (unpaired) electrons. The minimum Gasteiger partial charge on any atom is -0.286 e. The first kappa shape index (κ1) is 14.8. The van der Waals surface area contributed by atoms with Crippen molar-refractivity contribution in [3.8, 4) is 5.69 Å². The molecule has 0 bridgehead atoms. The fourth-order valence-corrected chi connectivity index (χ4v) is 3.62. The highest BCUT2D eigenvalue weighted by atomic mass is 79.9. The van der Waals surface area contributed by atoms with Crippen LogP contribution in [0.15, 0.2) is 50.1 Å². The van der Waals surface area contributed by atoms with E-state index in [1.807, 2.05) is 31.2 Å². The number of hydrogen-bond donors (Lipinski definition) is 0. The Kier molecular flexibility index (Phi) is 3.90. The summed E-state index contributed by atoms with van der Waals surface area (Å²) in [6.07, 6.45) is 0. The highest BCUT2D eigenvalue weighted by Crippen LogP contribution is 2.26. The first-order valence-electron chi connectivity index (χ1n) is 6.12. The van der Waals surface area contributed by atoms with Gasteiger partial charge >= 0.3 is 0 Å². The highest BCUT2D eigenvalue weighted by Gasteiger charge is 2.15. The number of rotatable bonds is 1. The topological polar surface area (TPSA) is 34.9 Å². The highest BCUT2D eigenvalue weighted by molar-refractivity contribution is 9.11. The summed E-state index contributed by atoms with van der Waals surface area (Å²) in [5, 5.41) is 5.82. The quantitative estimate of drug-likeness (QED) is 0.554. The second kappa shape index (κ2) is 5.55. The average molecular weight is 429 g/mol. The van der Waals surface area contributed by atoms with Gasteiger partial charge in [-0.1, -0.05) is 39.7 Å². The van der Waals surface area contributed by atoms with E-state index < -0.39 is 0 Å². The summed E-state index contributed by atoms with van der Waals surface area (Å²) in [7, 11) is 0. The Bertz CT molecular complexity index is 921. The van der Waals surface area contributed by atoms with Gasteiger partial charge in [0.05, 0.1) is 20.9 Å². The number of nitrogens with zero attached hydrogens (tertiary/aromatic N) is 2. The lowest BCUT2D eigenvalue weighted by molar-refractivity contribution is 0.886. The van der Waals surface area contributed by atoms with Gasteiger partial charge in [0.15, 0.2) is 0 Å². The molecule has 1 aromatic heterocycles. The maximum atomic E-state index is 12.6. The van der Waals surface area contributed by atoms with Crippen LogP contribution in [0.2, 0.25) is 5.02 Å². The van der Waals surface area contributed by atoms with Crippen molar-refractivity contribution in [2.75, 3.05) is 0 Å². The zero-order chi connectivity index (χ0) is 15.1. The van der Waals surface area contributed by atoms with Crippen LogP contribution in [0.5, 0.6) is 0 Å². The fourth-order valence-electron chi connectivity index (χ4n) is 2.21. The SMILES string of the molecule is Cc1nn(-c2ccccc2Cl)c2c(=O)c(Br)cc(Br)cc12. The lowest BCUT2D eigenvalue weighted by Crippen LogP contribution is -2.07. The van der Waals surface area contributed by atoms with Crippen molar-refractivity contribution in [3.05, 3.63) is 66.3 Å². The first-order valence-corrected chi connectivity index (χ1v) is 8.09. The molecule has 2 aromatic carbocycles. The molecule has 3 aromatic rings. The van der Waals surface area contributed by atoms with Gasteiger partial charge in [-0.15, -0.1) is 0 Å². The minimum absolute atomic E-state index is 0.129. The molecule has 0 N–H and O–H groups in total. The Balaban J connectivity index is 2.53. The Labute approximate surface area is 142 Å². The normalized spacial score (nSPS) is 11.0. The second-order valence-electron chi connectivity index (χ2n) is 4.56. The van der Waals surface area contributed by atoms with E-state index in [9.17, 15) is 4.79 Å². The van der Waals surface area contributed by atoms with E-state index in [-0.39, 0.29) is 5.43 Å². The summed E-state index contributed by atoms with van der Waals surface area (Å²) in [5.74, 6) is 0. The molecule has 0 spiro atoms. The van der Waals surface area contributed by atoms with Gasteiger partial charge in [-0.05, 0) is 47.1 Å². The molecule has 1 heterocycles. The Morgan fingerprint density at radius 1 is 1.19 bits per heavy atom. The molecule has 0 unspecified atom stereocenters. The van der Waals surface area contributed by atoms with Gasteiger partial charge < -0.3 is 0 Å². The van der Waals surface area contributed by atoms with Crippen LogP contribution in [0.4, 0.5) is 0 Å². The van der Waals surface area contributed by atoms with Crippen LogP contribution in [0.3, 0.4) is 0 Å². The van der Waals surface area contributed by atoms with Gasteiger partial charge in [0.2, 0.25) is 5.43 Å². The van der Waals surface area contributed by atoms with Crippen molar-refractivity contribution in [1.82, 2.24) is 9.78 Å². The van der Waals surface area contributed by atoms with Gasteiger partial charge in [-0.3, -0.25) is 4.79 Å². The van der Waals surface area contributed by atoms with E-state index in [0.29, 0.717) is 20.7 Å². The van der Waals surface area contributed by atoms with E-state index in [1.165, 1.54) is 0 Å². The predicted molar refractivity (Wildman–Crippen MR) is 92.5 cm³/mol.